The molecule has 1 aromatic rings. The monoisotopic (exact) mass is 281 g/mol. The fourth-order valence-electron chi connectivity index (χ4n) is 1.85. The maximum absolute atomic E-state index is 6.33. The lowest BCUT2D eigenvalue weighted by Crippen LogP contribution is -2.27. The molecular formula is C16H27NOS. The number of hydrogen-bond donors (Lipinski definition) is 1. The minimum Gasteiger partial charge on any atom is -0.497 e. The van der Waals surface area contributed by atoms with Gasteiger partial charge in [-0.1, -0.05) is 39.8 Å². The first kappa shape index (κ1) is 16.4. The molecule has 0 bridgehead atoms. The Kier molecular flexibility index (Phi) is 6.73. The van der Waals surface area contributed by atoms with Crippen molar-refractivity contribution in [2.24, 2.45) is 11.7 Å². The van der Waals surface area contributed by atoms with Crippen molar-refractivity contribution in [1.82, 2.24) is 0 Å². The summed E-state index contributed by atoms with van der Waals surface area (Å²) >= 11 is 1.98. The average Bonchev–Trinajstić information content (AvgIpc) is 2.43. The Labute approximate surface area is 122 Å². The lowest BCUT2D eigenvalue weighted by atomic mass is 10.0. The van der Waals surface area contributed by atoms with Crippen LogP contribution in [0.25, 0.3) is 0 Å². The summed E-state index contributed by atoms with van der Waals surface area (Å²) in [6, 6.07) is 8.47. The molecule has 3 unspecified atom stereocenters. The molecule has 3 atom stereocenters. The van der Waals surface area contributed by atoms with Crippen molar-refractivity contribution < 1.29 is 4.74 Å². The molecule has 1 aromatic carbocycles. The fraction of sp³-hybridized carbons (Fsp3) is 0.625. The van der Waals surface area contributed by atoms with Gasteiger partial charge in [-0.05, 0) is 30.0 Å². The third kappa shape index (κ3) is 4.73. The van der Waals surface area contributed by atoms with Crippen LogP contribution < -0.4 is 10.5 Å². The highest BCUT2D eigenvalue weighted by Crippen LogP contribution is 2.38. The van der Waals surface area contributed by atoms with E-state index in [2.05, 4.69) is 39.8 Å². The molecule has 0 aliphatic heterocycles. The van der Waals surface area contributed by atoms with E-state index >= 15 is 0 Å². The standard InChI is InChI=1S/C16H27NOS/c1-6-15(17)16(19-12(4)11(2)3)13-8-7-9-14(10-13)18-5/h7-12,15-16H,6,17H2,1-5H3. The second kappa shape index (κ2) is 7.81. The molecule has 0 saturated heterocycles. The van der Waals surface area contributed by atoms with Crippen molar-refractivity contribution in [2.75, 3.05) is 7.11 Å². The quantitative estimate of drug-likeness (QED) is 0.811. The van der Waals surface area contributed by atoms with Crippen molar-refractivity contribution in [1.29, 1.82) is 0 Å². The van der Waals surface area contributed by atoms with Gasteiger partial charge in [0.15, 0.2) is 0 Å². The maximum atomic E-state index is 6.33. The number of ether oxygens (including phenoxy) is 1. The van der Waals surface area contributed by atoms with Crippen LogP contribution in [0.4, 0.5) is 0 Å². The highest BCUT2D eigenvalue weighted by Gasteiger charge is 2.23. The first-order valence-corrected chi connectivity index (χ1v) is 7.98. The normalized spacial score (nSPS) is 16.2. The van der Waals surface area contributed by atoms with Gasteiger partial charge in [0.2, 0.25) is 0 Å². The van der Waals surface area contributed by atoms with Gasteiger partial charge in [-0.2, -0.15) is 0 Å². The molecule has 0 aliphatic carbocycles. The molecule has 108 valence electrons. The Balaban J connectivity index is 2.95. The highest BCUT2D eigenvalue weighted by atomic mass is 32.2. The molecule has 2 nitrogen and oxygen atoms in total. The third-order valence-electron chi connectivity index (χ3n) is 3.58. The van der Waals surface area contributed by atoms with Crippen molar-refractivity contribution in [3.05, 3.63) is 29.8 Å². The van der Waals surface area contributed by atoms with Crippen LogP contribution >= 0.6 is 11.8 Å². The Morgan fingerprint density at radius 2 is 1.95 bits per heavy atom. The Bertz CT molecular complexity index is 381. The van der Waals surface area contributed by atoms with Crippen molar-refractivity contribution in [3.8, 4) is 5.75 Å². The van der Waals surface area contributed by atoms with Gasteiger partial charge in [-0.15, -0.1) is 11.8 Å². The molecule has 1 rings (SSSR count). The molecule has 0 aliphatic rings. The Hall–Kier alpha value is -0.670. The third-order valence-corrected chi connectivity index (χ3v) is 5.47. The predicted molar refractivity (Wildman–Crippen MR) is 85.9 cm³/mol. The van der Waals surface area contributed by atoms with Crippen molar-refractivity contribution in [2.45, 2.75) is 50.7 Å². The van der Waals surface area contributed by atoms with E-state index in [1.54, 1.807) is 7.11 Å². The van der Waals surface area contributed by atoms with E-state index < -0.39 is 0 Å². The predicted octanol–water partition coefficient (Wildman–Crippen LogP) is 4.25. The summed E-state index contributed by atoms with van der Waals surface area (Å²) in [4.78, 5) is 0. The topological polar surface area (TPSA) is 35.2 Å². The number of hydrogen-bond acceptors (Lipinski definition) is 3. The fourth-order valence-corrected chi connectivity index (χ4v) is 3.32. The van der Waals surface area contributed by atoms with E-state index in [1.807, 2.05) is 23.9 Å². The molecule has 0 heterocycles. The zero-order valence-electron chi connectivity index (χ0n) is 12.7. The van der Waals surface area contributed by atoms with Crippen LogP contribution in [0.15, 0.2) is 24.3 Å². The minimum atomic E-state index is 0.179. The van der Waals surface area contributed by atoms with Gasteiger partial charge in [0.25, 0.3) is 0 Å². The van der Waals surface area contributed by atoms with Gasteiger partial charge >= 0.3 is 0 Å². The summed E-state index contributed by atoms with van der Waals surface area (Å²) < 4.78 is 5.32. The van der Waals surface area contributed by atoms with Gasteiger partial charge in [0.1, 0.15) is 5.75 Å². The van der Waals surface area contributed by atoms with Crippen LogP contribution in [0.2, 0.25) is 0 Å². The van der Waals surface area contributed by atoms with E-state index in [4.69, 9.17) is 10.5 Å². The van der Waals surface area contributed by atoms with Crippen molar-refractivity contribution in [3.63, 3.8) is 0 Å². The molecule has 3 heteroatoms. The molecule has 0 saturated carbocycles. The number of thioether (sulfide) groups is 1. The molecule has 0 aromatic heterocycles. The van der Waals surface area contributed by atoms with E-state index in [-0.39, 0.29) is 6.04 Å². The molecule has 0 spiro atoms. The molecule has 0 fully saturated rings. The van der Waals surface area contributed by atoms with Gasteiger partial charge in [-0.3, -0.25) is 0 Å². The molecule has 19 heavy (non-hydrogen) atoms. The zero-order chi connectivity index (χ0) is 14.4. The van der Waals surface area contributed by atoms with E-state index in [1.165, 1.54) is 5.56 Å². The van der Waals surface area contributed by atoms with E-state index in [9.17, 15) is 0 Å². The van der Waals surface area contributed by atoms with Crippen LogP contribution in [0.3, 0.4) is 0 Å². The minimum absolute atomic E-state index is 0.179. The lowest BCUT2D eigenvalue weighted by Gasteiger charge is -2.28. The molecule has 0 amide bonds. The number of methoxy groups -OCH3 is 1. The average molecular weight is 281 g/mol. The highest BCUT2D eigenvalue weighted by molar-refractivity contribution is 8.00. The van der Waals surface area contributed by atoms with Crippen LogP contribution in [-0.4, -0.2) is 18.4 Å². The van der Waals surface area contributed by atoms with Crippen LogP contribution in [0.1, 0.15) is 44.9 Å². The van der Waals surface area contributed by atoms with Gasteiger partial charge < -0.3 is 10.5 Å². The summed E-state index contributed by atoms with van der Waals surface area (Å²) in [5.41, 5.74) is 7.60. The zero-order valence-corrected chi connectivity index (χ0v) is 13.5. The largest absolute Gasteiger partial charge is 0.497 e. The summed E-state index contributed by atoms with van der Waals surface area (Å²) in [6.07, 6.45) is 0.986. The SMILES string of the molecule is CCC(N)C(SC(C)C(C)C)c1cccc(OC)c1. The van der Waals surface area contributed by atoms with Gasteiger partial charge in [0, 0.05) is 16.5 Å². The number of rotatable bonds is 7. The van der Waals surface area contributed by atoms with E-state index in [0.717, 1.165) is 12.2 Å². The van der Waals surface area contributed by atoms with Gasteiger partial charge in [-0.25, -0.2) is 0 Å². The second-order valence-corrected chi connectivity index (χ2v) is 6.88. The smallest absolute Gasteiger partial charge is 0.119 e. The summed E-state index contributed by atoms with van der Waals surface area (Å²) in [6.45, 7) is 8.96. The lowest BCUT2D eigenvalue weighted by molar-refractivity contribution is 0.414. The molecule has 2 N–H and O–H groups in total. The van der Waals surface area contributed by atoms with Crippen LogP contribution in [0, 0.1) is 5.92 Å². The summed E-state index contributed by atoms with van der Waals surface area (Å²) in [5.74, 6) is 1.56. The second-order valence-electron chi connectivity index (χ2n) is 5.35. The van der Waals surface area contributed by atoms with Gasteiger partial charge in [0.05, 0.1) is 7.11 Å². The van der Waals surface area contributed by atoms with Crippen LogP contribution in [0.5, 0.6) is 5.75 Å². The Morgan fingerprint density at radius 1 is 1.26 bits per heavy atom. The number of benzene rings is 1. The molecule has 0 radical (unpaired) electrons. The van der Waals surface area contributed by atoms with E-state index in [0.29, 0.717) is 16.4 Å². The number of nitrogens with two attached hydrogens (primary N) is 1. The van der Waals surface area contributed by atoms with Crippen LogP contribution in [-0.2, 0) is 0 Å². The Morgan fingerprint density at radius 3 is 2.47 bits per heavy atom. The summed E-state index contributed by atoms with van der Waals surface area (Å²) in [7, 11) is 1.71. The maximum Gasteiger partial charge on any atom is 0.119 e. The summed E-state index contributed by atoms with van der Waals surface area (Å²) in [5, 5.41) is 0.923. The molecular weight excluding hydrogens is 254 g/mol. The first-order valence-electron chi connectivity index (χ1n) is 7.04. The first-order chi connectivity index (χ1) is 8.99. The van der Waals surface area contributed by atoms with Crippen molar-refractivity contribution >= 4 is 11.8 Å².